The minimum Gasteiger partial charge on any atom is -0.478 e. The maximum atomic E-state index is 12.5. The summed E-state index contributed by atoms with van der Waals surface area (Å²) in [7, 11) is -1.21. The van der Waals surface area contributed by atoms with Gasteiger partial charge >= 0.3 is 5.97 Å². The van der Waals surface area contributed by atoms with Crippen LogP contribution in [-0.2, 0) is 17.1 Å². The van der Waals surface area contributed by atoms with Crippen molar-refractivity contribution in [2.24, 2.45) is 7.05 Å². The highest BCUT2D eigenvalue weighted by atomic mass is 32.2. The van der Waals surface area contributed by atoms with Crippen molar-refractivity contribution >= 4 is 21.7 Å². The van der Waals surface area contributed by atoms with Gasteiger partial charge in [-0.25, -0.2) is 4.79 Å². The summed E-state index contributed by atoms with van der Waals surface area (Å²) < 4.78 is 27.1. The molecule has 1 heterocycles. The zero-order valence-corrected chi connectivity index (χ0v) is 11.7. The molecular formula is C12H13N3O4S. The van der Waals surface area contributed by atoms with E-state index in [4.69, 9.17) is 5.11 Å². The number of benzene rings is 1. The Bertz CT molecular complexity index is 737. The highest BCUT2D eigenvalue weighted by Crippen LogP contribution is 2.22. The number of carboxylic acids is 1. The van der Waals surface area contributed by atoms with Crippen LogP contribution in [0.5, 0.6) is 0 Å². The molecule has 0 saturated carbocycles. The van der Waals surface area contributed by atoms with Crippen molar-refractivity contribution in [3.63, 3.8) is 0 Å². The van der Waals surface area contributed by atoms with Crippen molar-refractivity contribution in [1.29, 1.82) is 0 Å². The van der Waals surface area contributed by atoms with E-state index in [9.17, 15) is 13.2 Å². The first-order valence-electron chi connectivity index (χ1n) is 5.65. The van der Waals surface area contributed by atoms with E-state index in [1.165, 1.54) is 14.1 Å². The summed E-state index contributed by atoms with van der Waals surface area (Å²) in [6, 6.07) is 8.37. The number of carboxylic acid groups (broad SMARTS) is 1. The Balaban J connectivity index is 2.54. The van der Waals surface area contributed by atoms with Crippen LogP contribution >= 0.6 is 0 Å². The van der Waals surface area contributed by atoms with Crippen molar-refractivity contribution < 1.29 is 18.3 Å². The van der Waals surface area contributed by atoms with Crippen LogP contribution in [0.3, 0.4) is 0 Å². The lowest BCUT2D eigenvalue weighted by Crippen LogP contribution is -2.28. The summed E-state index contributed by atoms with van der Waals surface area (Å²) in [5.41, 5.74) is 0.0739. The summed E-state index contributed by atoms with van der Waals surface area (Å²) in [6.45, 7) is 0. The second-order valence-corrected chi connectivity index (χ2v) is 6.02. The summed E-state index contributed by atoms with van der Waals surface area (Å²) in [4.78, 5) is 11.1. The SMILES string of the molecule is CN(c1ccccc1)S(=O)(=O)c1nn(C)cc1C(=O)O. The van der Waals surface area contributed by atoms with Gasteiger partial charge in [-0.3, -0.25) is 8.99 Å². The summed E-state index contributed by atoms with van der Waals surface area (Å²) >= 11 is 0. The molecule has 0 atom stereocenters. The average molecular weight is 295 g/mol. The van der Waals surface area contributed by atoms with Crippen molar-refractivity contribution in [3.8, 4) is 0 Å². The second-order valence-electron chi connectivity index (χ2n) is 4.13. The molecule has 0 saturated heterocycles. The van der Waals surface area contributed by atoms with E-state index in [2.05, 4.69) is 5.10 Å². The number of anilines is 1. The molecule has 0 unspecified atom stereocenters. The van der Waals surface area contributed by atoms with Gasteiger partial charge in [-0.1, -0.05) is 18.2 Å². The molecule has 2 aromatic rings. The van der Waals surface area contributed by atoms with E-state index < -0.39 is 21.0 Å². The van der Waals surface area contributed by atoms with E-state index in [0.717, 1.165) is 15.2 Å². The number of aromatic carboxylic acids is 1. The first-order chi connectivity index (χ1) is 9.34. The number of nitrogens with zero attached hydrogens (tertiary/aromatic N) is 3. The maximum Gasteiger partial charge on any atom is 0.340 e. The smallest absolute Gasteiger partial charge is 0.340 e. The maximum absolute atomic E-state index is 12.5. The Labute approximate surface area is 116 Å². The van der Waals surface area contributed by atoms with Crippen LogP contribution in [0.1, 0.15) is 10.4 Å². The quantitative estimate of drug-likeness (QED) is 0.906. The van der Waals surface area contributed by atoms with Crippen molar-refractivity contribution in [1.82, 2.24) is 9.78 Å². The van der Waals surface area contributed by atoms with Crippen LogP contribution in [0.2, 0.25) is 0 Å². The van der Waals surface area contributed by atoms with E-state index in [1.54, 1.807) is 30.3 Å². The lowest BCUT2D eigenvalue weighted by atomic mass is 10.3. The number of para-hydroxylation sites is 1. The van der Waals surface area contributed by atoms with Crippen LogP contribution in [0.15, 0.2) is 41.6 Å². The van der Waals surface area contributed by atoms with Gasteiger partial charge in [0, 0.05) is 20.3 Å². The van der Waals surface area contributed by atoms with Gasteiger partial charge in [0.2, 0.25) is 5.03 Å². The highest BCUT2D eigenvalue weighted by Gasteiger charge is 2.30. The summed E-state index contributed by atoms with van der Waals surface area (Å²) in [5.74, 6) is -1.34. The molecule has 0 aliphatic rings. The minimum absolute atomic E-state index is 0.352. The number of hydrogen-bond donors (Lipinski definition) is 1. The van der Waals surface area contributed by atoms with E-state index in [0.29, 0.717) is 5.69 Å². The molecule has 0 fully saturated rings. The third-order valence-electron chi connectivity index (χ3n) is 2.75. The predicted molar refractivity (Wildman–Crippen MR) is 72.2 cm³/mol. The third-order valence-corrected chi connectivity index (χ3v) is 4.47. The van der Waals surface area contributed by atoms with Crippen molar-refractivity contribution in [2.45, 2.75) is 5.03 Å². The van der Waals surface area contributed by atoms with Crippen LogP contribution < -0.4 is 4.31 Å². The van der Waals surface area contributed by atoms with Gasteiger partial charge < -0.3 is 5.11 Å². The average Bonchev–Trinajstić information content (AvgIpc) is 2.82. The monoisotopic (exact) mass is 295 g/mol. The third kappa shape index (κ3) is 2.37. The minimum atomic E-state index is -4.03. The molecule has 7 nitrogen and oxygen atoms in total. The van der Waals surface area contributed by atoms with Gasteiger partial charge in [0.25, 0.3) is 10.0 Å². The normalized spacial score (nSPS) is 11.3. The molecule has 1 aromatic heterocycles. The van der Waals surface area contributed by atoms with Gasteiger partial charge in [0.15, 0.2) is 0 Å². The second kappa shape index (κ2) is 4.97. The number of aromatic nitrogens is 2. The number of rotatable bonds is 4. The molecule has 0 amide bonds. The molecule has 20 heavy (non-hydrogen) atoms. The lowest BCUT2D eigenvalue weighted by molar-refractivity contribution is 0.0692. The predicted octanol–water partition coefficient (Wildman–Crippen LogP) is 0.943. The Hall–Kier alpha value is -2.35. The molecule has 106 valence electrons. The van der Waals surface area contributed by atoms with Crippen LogP contribution in [-0.4, -0.2) is 36.3 Å². The fraction of sp³-hybridized carbons (Fsp3) is 0.167. The Morgan fingerprint density at radius 3 is 2.45 bits per heavy atom. The first-order valence-corrected chi connectivity index (χ1v) is 7.09. The van der Waals surface area contributed by atoms with Gasteiger partial charge in [-0.15, -0.1) is 0 Å². The van der Waals surface area contributed by atoms with Crippen molar-refractivity contribution in [3.05, 3.63) is 42.1 Å². The van der Waals surface area contributed by atoms with Gasteiger partial charge in [0.1, 0.15) is 5.56 Å². The fourth-order valence-corrected chi connectivity index (χ4v) is 3.02. The number of sulfonamides is 1. The van der Waals surface area contributed by atoms with Gasteiger partial charge in [-0.2, -0.15) is 13.5 Å². The van der Waals surface area contributed by atoms with Gasteiger partial charge in [0.05, 0.1) is 5.69 Å². The molecule has 0 spiro atoms. The number of carbonyl (C=O) groups is 1. The standard InChI is InChI=1S/C12H13N3O4S/c1-14-8-10(12(16)17)11(13-14)20(18,19)15(2)9-6-4-3-5-7-9/h3-8H,1-2H3,(H,16,17). The molecule has 1 N–H and O–H groups in total. The number of aryl methyl sites for hydroxylation is 1. The van der Waals surface area contributed by atoms with Crippen LogP contribution in [0.25, 0.3) is 0 Å². The molecule has 0 aliphatic heterocycles. The molecule has 0 aliphatic carbocycles. The molecule has 2 rings (SSSR count). The molecule has 1 aromatic carbocycles. The fourth-order valence-electron chi connectivity index (χ4n) is 1.71. The molecule has 0 radical (unpaired) electrons. The van der Waals surface area contributed by atoms with Crippen LogP contribution in [0, 0.1) is 0 Å². The molecular weight excluding hydrogens is 282 g/mol. The zero-order valence-electron chi connectivity index (χ0n) is 10.9. The zero-order chi connectivity index (χ0) is 14.9. The first kappa shape index (κ1) is 14.1. The molecule has 0 bridgehead atoms. The lowest BCUT2D eigenvalue weighted by Gasteiger charge is -2.18. The van der Waals surface area contributed by atoms with E-state index in [-0.39, 0.29) is 5.56 Å². The molecule has 8 heteroatoms. The van der Waals surface area contributed by atoms with Crippen molar-refractivity contribution in [2.75, 3.05) is 11.4 Å². The highest BCUT2D eigenvalue weighted by molar-refractivity contribution is 7.92. The Kier molecular flexibility index (Phi) is 3.49. The largest absolute Gasteiger partial charge is 0.478 e. The summed E-state index contributed by atoms with van der Waals surface area (Å²) in [5, 5.41) is 12.3. The van der Waals surface area contributed by atoms with Crippen LogP contribution in [0.4, 0.5) is 5.69 Å². The summed E-state index contributed by atoms with van der Waals surface area (Å²) in [6.07, 6.45) is 1.16. The Morgan fingerprint density at radius 2 is 1.90 bits per heavy atom. The van der Waals surface area contributed by atoms with E-state index in [1.807, 2.05) is 0 Å². The van der Waals surface area contributed by atoms with Gasteiger partial charge in [-0.05, 0) is 12.1 Å². The Morgan fingerprint density at radius 1 is 1.30 bits per heavy atom. The topological polar surface area (TPSA) is 92.5 Å². The van der Waals surface area contributed by atoms with E-state index >= 15 is 0 Å². The number of hydrogen-bond acceptors (Lipinski definition) is 4.